The average Bonchev–Trinajstić information content (AvgIpc) is 2.75. The van der Waals surface area contributed by atoms with E-state index in [2.05, 4.69) is 88.0 Å². The number of rotatable bonds is 3. The maximum atomic E-state index is 4.58. The second-order valence-electron chi connectivity index (χ2n) is 7.21. The number of piperazine rings is 1. The minimum absolute atomic E-state index is 0.240. The molecule has 4 aromatic rings. The van der Waals surface area contributed by atoms with Crippen LogP contribution in [0.1, 0.15) is 17.2 Å². The van der Waals surface area contributed by atoms with E-state index in [-0.39, 0.29) is 6.04 Å². The Labute approximate surface area is 159 Å². The van der Waals surface area contributed by atoms with Crippen molar-refractivity contribution in [2.75, 3.05) is 26.2 Å². The van der Waals surface area contributed by atoms with Gasteiger partial charge in [-0.1, -0.05) is 54.6 Å². The first-order chi connectivity index (χ1) is 13.4. The van der Waals surface area contributed by atoms with Gasteiger partial charge in [0.25, 0.3) is 0 Å². The van der Waals surface area contributed by atoms with Gasteiger partial charge in [-0.15, -0.1) is 0 Å². The number of nitrogens with one attached hydrogen (secondary N) is 1. The second kappa shape index (κ2) is 7.10. The van der Waals surface area contributed by atoms with Crippen molar-refractivity contribution in [3.05, 3.63) is 90.1 Å². The summed E-state index contributed by atoms with van der Waals surface area (Å²) in [5, 5.41) is 7.32. The van der Waals surface area contributed by atoms with Crippen LogP contribution in [-0.2, 0) is 0 Å². The van der Waals surface area contributed by atoms with Gasteiger partial charge in [0.1, 0.15) is 0 Å². The van der Waals surface area contributed by atoms with E-state index in [0.29, 0.717) is 0 Å². The van der Waals surface area contributed by atoms with Crippen LogP contribution in [0.5, 0.6) is 0 Å². The largest absolute Gasteiger partial charge is 0.314 e. The van der Waals surface area contributed by atoms with Crippen LogP contribution >= 0.6 is 0 Å². The molecule has 1 atom stereocenters. The van der Waals surface area contributed by atoms with Gasteiger partial charge in [-0.05, 0) is 40.1 Å². The van der Waals surface area contributed by atoms with Crippen LogP contribution in [0.2, 0.25) is 0 Å². The molecule has 0 spiro atoms. The fraction of sp³-hybridized carbons (Fsp3) is 0.208. The Morgan fingerprint density at radius 2 is 1.59 bits per heavy atom. The van der Waals surface area contributed by atoms with E-state index in [1.165, 1.54) is 27.3 Å². The first kappa shape index (κ1) is 16.4. The summed E-state index contributed by atoms with van der Waals surface area (Å²) in [7, 11) is 0. The van der Waals surface area contributed by atoms with Crippen molar-refractivity contribution in [3.63, 3.8) is 0 Å². The Kier molecular flexibility index (Phi) is 4.32. The summed E-state index contributed by atoms with van der Waals surface area (Å²) >= 11 is 0. The molecule has 0 saturated carbocycles. The third-order valence-corrected chi connectivity index (χ3v) is 5.58. The summed E-state index contributed by atoms with van der Waals surface area (Å²) in [5.74, 6) is 0. The van der Waals surface area contributed by atoms with Crippen LogP contribution in [0, 0.1) is 0 Å². The molecule has 1 aliphatic rings. The molecule has 27 heavy (non-hydrogen) atoms. The molecule has 0 bridgehead atoms. The molecule has 1 unspecified atom stereocenters. The quantitative estimate of drug-likeness (QED) is 0.592. The van der Waals surface area contributed by atoms with Gasteiger partial charge >= 0.3 is 0 Å². The molecular weight excluding hydrogens is 330 g/mol. The summed E-state index contributed by atoms with van der Waals surface area (Å²) in [6, 6.07) is 26.4. The number of hydrogen-bond acceptors (Lipinski definition) is 3. The van der Waals surface area contributed by atoms with Gasteiger partial charge in [-0.3, -0.25) is 9.88 Å². The normalized spacial score (nSPS) is 16.6. The number of hydrogen-bond donors (Lipinski definition) is 1. The Balaban J connectivity index is 1.70. The molecule has 1 aliphatic heterocycles. The fourth-order valence-electron chi connectivity index (χ4n) is 4.26. The number of nitrogens with zero attached hydrogens (tertiary/aromatic N) is 2. The highest BCUT2D eigenvalue weighted by Gasteiger charge is 2.25. The van der Waals surface area contributed by atoms with Crippen molar-refractivity contribution < 1.29 is 0 Å². The second-order valence-corrected chi connectivity index (χ2v) is 7.21. The summed E-state index contributed by atoms with van der Waals surface area (Å²) in [4.78, 5) is 7.18. The summed E-state index contributed by atoms with van der Waals surface area (Å²) in [6.07, 6.45) is 1.95. The van der Waals surface area contributed by atoms with Gasteiger partial charge in [0.05, 0.1) is 11.6 Å². The van der Waals surface area contributed by atoms with E-state index < -0.39 is 0 Å². The van der Waals surface area contributed by atoms with Crippen molar-refractivity contribution in [1.29, 1.82) is 0 Å². The van der Waals surface area contributed by atoms with Gasteiger partial charge < -0.3 is 5.32 Å². The summed E-state index contributed by atoms with van der Waals surface area (Å²) in [6.45, 7) is 4.17. The number of fused-ring (bicyclic) bond motifs is 2. The van der Waals surface area contributed by atoms with Gasteiger partial charge in [0.2, 0.25) is 0 Å². The standard InChI is InChI=1S/C24H23N3/c1-2-6-19-17-20(10-9-18(19)5-1)24(27-15-13-25-14-16-27)22-11-12-26-23-8-4-3-7-21(22)23/h1-12,17,24-25H,13-16H2. The smallest absolute Gasteiger partial charge is 0.0705 e. The summed E-state index contributed by atoms with van der Waals surface area (Å²) in [5.41, 5.74) is 3.76. The molecule has 1 aromatic heterocycles. The molecule has 1 saturated heterocycles. The fourth-order valence-corrected chi connectivity index (χ4v) is 4.26. The molecule has 3 nitrogen and oxygen atoms in total. The van der Waals surface area contributed by atoms with Gasteiger partial charge in [-0.25, -0.2) is 0 Å². The molecule has 2 heterocycles. The maximum Gasteiger partial charge on any atom is 0.0705 e. The van der Waals surface area contributed by atoms with E-state index in [4.69, 9.17) is 0 Å². The van der Waals surface area contributed by atoms with E-state index in [1.807, 2.05) is 6.20 Å². The Morgan fingerprint density at radius 1 is 0.815 bits per heavy atom. The monoisotopic (exact) mass is 353 g/mol. The molecule has 1 fully saturated rings. The van der Waals surface area contributed by atoms with Crippen LogP contribution < -0.4 is 5.32 Å². The molecule has 3 aromatic carbocycles. The molecular formula is C24H23N3. The van der Waals surface area contributed by atoms with Crippen LogP contribution in [0.4, 0.5) is 0 Å². The average molecular weight is 353 g/mol. The van der Waals surface area contributed by atoms with Gasteiger partial charge in [0, 0.05) is 37.8 Å². The Morgan fingerprint density at radius 3 is 2.48 bits per heavy atom. The lowest BCUT2D eigenvalue weighted by atomic mass is 9.92. The first-order valence-electron chi connectivity index (χ1n) is 9.67. The lowest BCUT2D eigenvalue weighted by Crippen LogP contribution is -2.45. The third-order valence-electron chi connectivity index (χ3n) is 5.58. The van der Waals surface area contributed by atoms with E-state index >= 15 is 0 Å². The molecule has 0 radical (unpaired) electrons. The molecule has 3 heteroatoms. The molecule has 0 amide bonds. The number of para-hydroxylation sites is 1. The predicted molar refractivity (Wildman–Crippen MR) is 112 cm³/mol. The van der Waals surface area contributed by atoms with E-state index in [9.17, 15) is 0 Å². The number of aromatic nitrogens is 1. The van der Waals surface area contributed by atoms with Crippen LogP contribution in [-0.4, -0.2) is 36.1 Å². The highest BCUT2D eigenvalue weighted by atomic mass is 15.2. The minimum atomic E-state index is 0.240. The van der Waals surface area contributed by atoms with E-state index in [1.54, 1.807) is 0 Å². The van der Waals surface area contributed by atoms with Crippen LogP contribution in [0.25, 0.3) is 21.7 Å². The lowest BCUT2D eigenvalue weighted by Gasteiger charge is -2.36. The van der Waals surface area contributed by atoms with Crippen molar-refractivity contribution >= 4 is 21.7 Å². The SMILES string of the molecule is c1ccc2cc(C(c3ccnc4ccccc34)N3CCNCC3)ccc2c1. The Hall–Kier alpha value is -2.75. The van der Waals surface area contributed by atoms with Gasteiger partial charge in [0.15, 0.2) is 0 Å². The topological polar surface area (TPSA) is 28.2 Å². The maximum absolute atomic E-state index is 4.58. The zero-order chi connectivity index (χ0) is 18.1. The van der Waals surface area contributed by atoms with Crippen molar-refractivity contribution in [2.45, 2.75) is 6.04 Å². The first-order valence-corrected chi connectivity index (χ1v) is 9.67. The lowest BCUT2D eigenvalue weighted by molar-refractivity contribution is 0.199. The molecule has 0 aliphatic carbocycles. The van der Waals surface area contributed by atoms with Crippen LogP contribution in [0.15, 0.2) is 79.0 Å². The Bertz CT molecular complexity index is 1080. The third kappa shape index (κ3) is 3.09. The van der Waals surface area contributed by atoms with Gasteiger partial charge in [-0.2, -0.15) is 0 Å². The van der Waals surface area contributed by atoms with Crippen molar-refractivity contribution in [1.82, 2.24) is 15.2 Å². The number of pyridine rings is 1. The minimum Gasteiger partial charge on any atom is -0.314 e. The van der Waals surface area contributed by atoms with Crippen molar-refractivity contribution in [2.24, 2.45) is 0 Å². The highest BCUT2D eigenvalue weighted by molar-refractivity contribution is 5.85. The predicted octanol–water partition coefficient (Wildman–Crippen LogP) is 4.38. The van der Waals surface area contributed by atoms with Crippen molar-refractivity contribution in [3.8, 4) is 0 Å². The highest BCUT2D eigenvalue weighted by Crippen LogP contribution is 2.34. The molecule has 1 N–H and O–H groups in total. The molecule has 134 valence electrons. The zero-order valence-electron chi connectivity index (χ0n) is 15.3. The molecule has 5 rings (SSSR count). The van der Waals surface area contributed by atoms with Crippen LogP contribution in [0.3, 0.4) is 0 Å². The number of benzene rings is 3. The summed E-state index contributed by atoms with van der Waals surface area (Å²) < 4.78 is 0. The van der Waals surface area contributed by atoms with E-state index in [0.717, 1.165) is 31.7 Å². The zero-order valence-corrected chi connectivity index (χ0v) is 15.3.